The Balaban J connectivity index is 1.64. The Kier molecular flexibility index (Phi) is 3.46. The zero-order valence-electron chi connectivity index (χ0n) is 11.0. The lowest BCUT2D eigenvalue weighted by molar-refractivity contribution is -0.117. The summed E-state index contributed by atoms with van der Waals surface area (Å²) in [5.74, 6) is -0.0167. The number of para-hydroxylation sites is 2. The van der Waals surface area contributed by atoms with Crippen molar-refractivity contribution in [3.63, 3.8) is 0 Å². The highest BCUT2D eigenvalue weighted by atomic mass is 16.2. The molecule has 3 rings (SSSR count). The number of fused-ring (bicyclic) bond motifs is 1. The molecule has 1 N–H and O–H groups in total. The van der Waals surface area contributed by atoms with Crippen molar-refractivity contribution < 1.29 is 4.79 Å². The van der Waals surface area contributed by atoms with Crippen molar-refractivity contribution in [1.82, 2.24) is 9.66 Å². The van der Waals surface area contributed by atoms with Crippen molar-refractivity contribution >= 4 is 16.9 Å². The van der Waals surface area contributed by atoms with Gasteiger partial charge in [0.1, 0.15) is 6.33 Å². The van der Waals surface area contributed by atoms with Crippen LogP contribution in [0.5, 0.6) is 0 Å². The monoisotopic (exact) mass is 265 g/mol. The second kappa shape index (κ2) is 5.57. The Hall–Kier alpha value is -2.62. The highest BCUT2D eigenvalue weighted by molar-refractivity contribution is 5.86. The van der Waals surface area contributed by atoms with Gasteiger partial charge in [0.25, 0.3) is 0 Å². The van der Waals surface area contributed by atoms with E-state index >= 15 is 0 Å². The Morgan fingerprint density at radius 2 is 1.80 bits per heavy atom. The molecule has 3 aromatic rings. The number of hydrogen-bond acceptors (Lipinski definition) is 2. The zero-order valence-corrected chi connectivity index (χ0v) is 11.0. The summed E-state index contributed by atoms with van der Waals surface area (Å²) in [5, 5.41) is 0. The predicted molar refractivity (Wildman–Crippen MR) is 78.9 cm³/mol. The molecule has 1 aromatic heterocycles. The summed E-state index contributed by atoms with van der Waals surface area (Å²) in [5.41, 5.74) is 5.79. The normalized spacial score (nSPS) is 10.6. The first kappa shape index (κ1) is 12.4. The molecule has 1 amide bonds. The number of aryl methyl sites for hydroxylation is 1. The van der Waals surface area contributed by atoms with E-state index in [4.69, 9.17) is 0 Å². The minimum atomic E-state index is -0.0167. The summed E-state index contributed by atoms with van der Waals surface area (Å²) < 4.78 is 1.67. The van der Waals surface area contributed by atoms with Crippen molar-refractivity contribution in [1.29, 1.82) is 0 Å². The fourth-order valence-electron chi connectivity index (χ4n) is 2.14. The summed E-state index contributed by atoms with van der Waals surface area (Å²) in [6.07, 6.45) is 2.82. The van der Waals surface area contributed by atoms with Gasteiger partial charge in [-0.05, 0) is 24.1 Å². The molecule has 0 saturated heterocycles. The fraction of sp³-hybridized carbons (Fsp3) is 0.125. The van der Waals surface area contributed by atoms with E-state index in [0.717, 1.165) is 23.0 Å². The van der Waals surface area contributed by atoms with Crippen LogP contribution in [0.25, 0.3) is 11.0 Å². The second-order valence-electron chi connectivity index (χ2n) is 4.62. The maximum absolute atomic E-state index is 12.0. The molecule has 4 nitrogen and oxygen atoms in total. The first-order valence-electron chi connectivity index (χ1n) is 6.59. The maximum Gasteiger partial charge on any atom is 0.239 e. The van der Waals surface area contributed by atoms with Crippen LogP contribution < -0.4 is 5.43 Å². The molecule has 0 aliphatic heterocycles. The van der Waals surface area contributed by atoms with Gasteiger partial charge in [0.2, 0.25) is 5.91 Å². The van der Waals surface area contributed by atoms with E-state index in [1.165, 1.54) is 0 Å². The maximum atomic E-state index is 12.0. The molecule has 4 heteroatoms. The van der Waals surface area contributed by atoms with Crippen LogP contribution in [0.1, 0.15) is 12.0 Å². The van der Waals surface area contributed by atoms with Crippen LogP contribution in [0.15, 0.2) is 60.9 Å². The van der Waals surface area contributed by atoms with E-state index in [0.29, 0.717) is 6.42 Å². The van der Waals surface area contributed by atoms with E-state index in [-0.39, 0.29) is 5.91 Å². The summed E-state index contributed by atoms with van der Waals surface area (Å²) in [6.45, 7) is 0. The van der Waals surface area contributed by atoms with Crippen LogP contribution in [-0.2, 0) is 11.2 Å². The number of imidazole rings is 1. The molecule has 0 aliphatic carbocycles. The zero-order chi connectivity index (χ0) is 13.8. The molecule has 0 radical (unpaired) electrons. The van der Waals surface area contributed by atoms with Crippen molar-refractivity contribution in [3.05, 3.63) is 66.5 Å². The van der Waals surface area contributed by atoms with Gasteiger partial charge in [0.15, 0.2) is 0 Å². The first-order chi connectivity index (χ1) is 9.83. The number of aromatic nitrogens is 2. The van der Waals surface area contributed by atoms with E-state index < -0.39 is 0 Å². The molecule has 0 fully saturated rings. The summed E-state index contributed by atoms with van der Waals surface area (Å²) in [4.78, 5) is 16.2. The largest absolute Gasteiger partial charge is 0.273 e. The Morgan fingerprint density at radius 3 is 2.65 bits per heavy atom. The van der Waals surface area contributed by atoms with E-state index in [2.05, 4.69) is 10.4 Å². The molecule has 2 aromatic carbocycles. The molecule has 0 aliphatic rings. The first-order valence-corrected chi connectivity index (χ1v) is 6.59. The highest BCUT2D eigenvalue weighted by Gasteiger charge is 2.06. The summed E-state index contributed by atoms with van der Waals surface area (Å²) in [6, 6.07) is 17.7. The molecular formula is C16H15N3O. The third-order valence-electron chi connectivity index (χ3n) is 3.18. The molecule has 0 unspecified atom stereocenters. The Labute approximate surface area is 117 Å². The Morgan fingerprint density at radius 1 is 1.05 bits per heavy atom. The van der Waals surface area contributed by atoms with Gasteiger partial charge in [-0.15, -0.1) is 0 Å². The third kappa shape index (κ3) is 2.69. The van der Waals surface area contributed by atoms with Crippen LogP contribution in [0.3, 0.4) is 0 Å². The van der Waals surface area contributed by atoms with Gasteiger partial charge in [0.05, 0.1) is 11.0 Å². The standard InChI is InChI=1S/C16H15N3O/c20-16(11-10-13-6-2-1-3-7-13)18-19-12-17-14-8-4-5-9-15(14)19/h1-9,12H,10-11H2,(H,18,20). The van der Waals surface area contributed by atoms with Crippen molar-refractivity contribution in [3.8, 4) is 0 Å². The lowest BCUT2D eigenvalue weighted by atomic mass is 10.1. The number of benzene rings is 2. The molecule has 1 heterocycles. The van der Waals surface area contributed by atoms with Gasteiger partial charge >= 0.3 is 0 Å². The van der Waals surface area contributed by atoms with Crippen molar-refractivity contribution in [2.75, 3.05) is 5.43 Å². The van der Waals surface area contributed by atoms with Gasteiger partial charge in [-0.3, -0.25) is 10.2 Å². The summed E-state index contributed by atoms with van der Waals surface area (Å²) >= 11 is 0. The highest BCUT2D eigenvalue weighted by Crippen LogP contribution is 2.10. The van der Waals surface area contributed by atoms with Crippen molar-refractivity contribution in [2.45, 2.75) is 12.8 Å². The summed E-state index contributed by atoms with van der Waals surface area (Å²) in [7, 11) is 0. The third-order valence-corrected chi connectivity index (χ3v) is 3.18. The van der Waals surface area contributed by atoms with Crippen LogP contribution in [0.2, 0.25) is 0 Å². The average Bonchev–Trinajstić information content (AvgIpc) is 2.90. The Bertz CT molecular complexity index is 719. The number of nitrogens with zero attached hydrogens (tertiary/aromatic N) is 2. The molecule has 0 spiro atoms. The molecule has 0 saturated carbocycles. The topological polar surface area (TPSA) is 46.9 Å². The molecular weight excluding hydrogens is 250 g/mol. The van der Waals surface area contributed by atoms with Crippen LogP contribution in [-0.4, -0.2) is 15.6 Å². The number of carbonyl (C=O) groups is 1. The van der Waals surface area contributed by atoms with Gasteiger partial charge in [-0.2, -0.15) is 0 Å². The van der Waals surface area contributed by atoms with Gasteiger partial charge in [-0.1, -0.05) is 42.5 Å². The van der Waals surface area contributed by atoms with E-state index in [9.17, 15) is 4.79 Å². The van der Waals surface area contributed by atoms with Gasteiger partial charge in [0, 0.05) is 6.42 Å². The van der Waals surface area contributed by atoms with Crippen LogP contribution in [0.4, 0.5) is 0 Å². The minimum Gasteiger partial charge on any atom is -0.273 e. The molecule has 0 bridgehead atoms. The average molecular weight is 265 g/mol. The molecule has 100 valence electrons. The van der Waals surface area contributed by atoms with Crippen LogP contribution in [0, 0.1) is 0 Å². The van der Waals surface area contributed by atoms with Gasteiger partial charge in [-0.25, -0.2) is 9.66 Å². The minimum absolute atomic E-state index is 0.0167. The van der Waals surface area contributed by atoms with Crippen molar-refractivity contribution in [2.24, 2.45) is 0 Å². The number of nitrogens with one attached hydrogen (secondary N) is 1. The van der Waals surface area contributed by atoms with E-state index in [1.807, 2.05) is 54.6 Å². The predicted octanol–water partition coefficient (Wildman–Crippen LogP) is 2.74. The number of amides is 1. The number of rotatable bonds is 4. The lowest BCUT2D eigenvalue weighted by Crippen LogP contribution is -2.22. The van der Waals surface area contributed by atoms with Crippen LogP contribution >= 0.6 is 0 Å². The smallest absolute Gasteiger partial charge is 0.239 e. The quantitative estimate of drug-likeness (QED) is 0.788. The molecule has 0 atom stereocenters. The van der Waals surface area contributed by atoms with Gasteiger partial charge < -0.3 is 0 Å². The SMILES string of the molecule is O=C(CCc1ccccc1)Nn1cnc2ccccc21. The number of carbonyl (C=O) groups excluding carboxylic acids is 1. The fourth-order valence-corrected chi connectivity index (χ4v) is 2.14. The molecule has 20 heavy (non-hydrogen) atoms. The van der Waals surface area contributed by atoms with E-state index in [1.54, 1.807) is 11.0 Å². The second-order valence-corrected chi connectivity index (χ2v) is 4.62. The lowest BCUT2D eigenvalue weighted by Gasteiger charge is -2.07. The number of hydrogen-bond donors (Lipinski definition) is 1.